The number of carbonyl (C=O) groups is 1. The summed E-state index contributed by atoms with van der Waals surface area (Å²) < 4.78 is 1.98. The summed E-state index contributed by atoms with van der Waals surface area (Å²) in [7, 11) is 2.15. The van der Waals surface area contributed by atoms with Crippen molar-refractivity contribution < 1.29 is 4.79 Å². The van der Waals surface area contributed by atoms with Crippen molar-refractivity contribution in [2.45, 2.75) is 26.2 Å². The first kappa shape index (κ1) is 17.0. The predicted molar refractivity (Wildman–Crippen MR) is 94.7 cm³/mol. The molecule has 21 heavy (non-hydrogen) atoms. The number of nitrogens with zero attached hydrogens (tertiary/aromatic N) is 2. The molecule has 0 spiro atoms. The van der Waals surface area contributed by atoms with Gasteiger partial charge in [0.15, 0.2) is 0 Å². The van der Waals surface area contributed by atoms with Crippen molar-refractivity contribution in [3.8, 4) is 0 Å². The van der Waals surface area contributed by atoms with Crippen LogP contribution in [-0.2, 0) is 4.79 Å². The number of likely N-dealkylation sites (tertiary alicyclic amines) is 1. The van der Waals surface area contributed by atoms with E-state index in [-0.39, 0.29) is 5.91 Å². The molecule has 3 nitrogen and oxygen atoms in total. The summed E-state index contributed by atoms with van der Waals surface area (Å²) in [6.07, 6.45) is 2.92. The highest BCUT2D eigenvalue weighted by atomic mass is 79.9. The third-order valence-electron chi connectivity index (χ3n) is 4.13. The maximum Gasteiger partial charge on any atom is 0.227 e. The van der Waals surface area contributed by atoms with Crippen molar-refractivity contribution in [1.29, 1.82) is 0 Å². The maximum atomic E-state index is 12.6. The smallest absolute Gasteiger partial charge is 0.227 e. The summed E-state index contributed by atoms with van der Waals surface area (Å²) in [4.78, 5) is 16.8. The van der Waals surface area contributed by atoms with Gasteiger partial charge in [0, 0.05) is 27.6 Å². The highest BCUT2D eigenvalue weighted by Gasteiger charge is 2.23. The number of hydrogen-bond acceptors (Lipinski definition) is 2. The van der Waals surface area contributed by atoms with E-state index in [4.69, 9.17) is 0 Å². The van der Waals surface area contributed by atoms with Gasteiger partial charge in [-0.2, -0.15) is 0 Å². The highest BCUT2D eigenvalue weighted by molar-refractivity contribution is 9.13. The molecule has 0 unspecified atom stereocenters. The van der Waals surface area contributed by atoms with Crippen molar-refractivity contribution in [1.82, 2.24) is 4.90 Å². The topological polar surface area (TPSA) is 23.6 Å². The fourth-order valence-electron chi connectivity index (χ4n) is 2.78. The first-order chi connectivity index (χ1) is 10.0. The van der Waals surface area contributed by atoms with Gasteiger partial charge in [-0.1, -0.05) is 0 Å². The van der Waals surface area contributed by atoms with Crippen LogP contribution >= 0.6 is 31.9 Å². The summed E-state index contributed by atoms with van der Waals surface area (Å²) in [6, 6.07) is 5.97. The molecule has 0 saturated carbocycles. The van der Waals surface area contributed by atoms with Crippen molar-refractivity contribution in [3.05, 3.63) is 27.1 Å². The second-order valence-corrected chi connectivity index (χ2v) is 7.40. The Labute approximate surface area is 143 Å². The van der Waals surface area contributed by atoms with Crippen LogP contribution in [0.3, 0.4) is 0 Å². The summed E-state index contributed by atoms with van der Waals surface area (Å²) >= 11 is 6.98. The van der Waals surface area contributed by atoms with E-state index in [9.17, 15) is 4.79 Å². The second-order valence-electron chi connectivity index (χ2n) is 5.69. The number of piperidine rings is 1. The van der Waals surface area contributed by atoms with Gasteiger partial charge >= 0.3 is 0 Å². The maximum absolute atomic E-state index is 12.6. The molecule has 0 bridgehead atoms. The van der Waals surface area contributed by atoms with Gasteiger partial charge in [-0.05, 0) is 95.9 Å². The van der Waals surface area contributed by atoms with E-state index in [0.717, 1.165) is 40.6 Å². The molecule has 1 aliphatic heterocycles. The standard InChI is InChI=1S/C16H22Br2N2O/c1-3-20(13-4-5-14(17)15(18)11-13)16(21)10-12-6-8-19(2)9-7-12/h4-5,11-12H,3,6-10H2,1-2H3. The molecule has 0 radical (unpaired) electrons. The van der Waals surface area contributed by atoms with E-state index >= 15 is 0 Å². The average Bonchev–Trinajstić information content (AvgIpc) is 2.46. The molecule has 0 N–H and O–H groups in total. The Kier molecular flexibility index (Phi) is 6.26. The minimum Gasteiger partial charge on any atom is -0.313 e. The lowest BCUT2D eigenvalue weighted by Gasteiger charge is -2.30. The predicted octanol–water partition coefficient (Wildman–Crippen LogP) is 4.30. The van der Waals surface area contributed by atoms with Crippen LogP contribution in [0.25, 0.3) is 0 Å². The van der Waals surface area contributed by atoms with Gasteiger partial charge in [0.25, 0.3) is 0 Å². The third-order valence-corrected chi connectivity index (χ3v) is 6.01. The van der Waals surface area contributed by atoms with Gasteiger partial charge in [-0.25, -0.2) is 0 Å². The first-order valence-corrected chi connectivity index (χ1v) is 9.03. The molecule has 1 heterocycles. The summed E-state index contributed by atoms with van der Waals surface area (Å²) in [5, 5.41) is 0. The molecule has 2 rings (SSSR count). The molecule has 0 atom stereocenters. The van der Waals surface area contributed by atoms with E-state index in [1.54, 1.807) is 0 Å². The number of halogens is 2. The number of rotatable bonds is 4. The molecule has 1 fully saturated rings. The Morgan fingerprint density at radius 1 is 1.29 bits per heavy atom. The van der Waals surface area contributed by atoms with Crippen LogP contribution in [0.1, 0.15) is 26.2 Å². The third kappa shape index (κ3) is 4.54. The number of carbonyl (C=O) groups excluding carboxylic acids is 1. The van der Waals surface area contributed by atoms with Crippen LogP contribution in [0.15, 0.2) is 27.1 Å². The normalized spacial score (nSPS) is 17.0. The molecular formula is C16H22Br2N2O. The van der Waals surface area contributed by atoms with E-state index in [2.05, 4.69) is 43.8 Å². The molecule has 0 aromatic heterocycles. The quantitative estimate of drug-likeness (QED) is 0.729. The minimum absolute atomic E-state index is 0.237. The van der Waals surface area contributed by atoms with Gasteiger partial charge in [-0.15, -0.1) is 0 Å². The van der Waals surface area contributed by atoms with Crippen LogP contribution in [0.4, 0.5) is 5.69 Å². The lowest BCUT2D eigenvalue weighted by Crippen LogP contribution is -2.36. The molecular weight excluding hydrogens is 396 g/mol. The van der Waals surface area contributed by atoms with Crippen LogP contribution < -0.4 is 4.90 Å². The number of anilines is 1. The Morgan fingerprint density at radius 3 is 2.52 bits per heavy atom. The summed E-state index contributed by atoms with van der Waals surface area (Å²) in [5.74, 6) is 0.767. The lowest BCUT2D eigenvalue weighted by atomic mass is 9.93. The van der Waals surface area contributed by atoms with E-state index in [1.807, 2.05) is 30.0 Å². The largest absolute Gasteiger partial charge is 0.313 e. The van der Waals surface area contributed by atoms with Crippen molar-refractivity contribution in [2.24, 2.45) is 5.92 Å². The minimum atomic E-state index is 0.237. The Morgan fingerprint density at radius 2 is 1.95 bits per heavy atom. The van der Waals surface area contributed by atoms with Crippen LogP contribution in [0.5, 0.6) is 0 Å². The molecule has 1 amide bonds. The SMILES string of the molecule is CCN(C(=O)CC1CCN(C)CC1)c1ccc(Br)c(Br)c1. The van der Waals surface area contributed by atoms with Crippen LogP contribution in [0, 0.1) is 5.92 Å². The molecule has 1 aromatic rings. The van der Waals surface area contributed by atoms with Gasteiger partial charge < -0.3 is 9.80 Å². The summed E-state index contributed by atoms with van der Waals surface area (Å²) in [6.45, 7) is 4.95. The fraction of sp³-hybridized carbons (Fsp3) is 0.562. The van der Waals surface area contributed by atoms with Gasteiger partial charge in [0.05, 0.1) is 0 Å². The van der Waals surface area contributed by atoms with Crippen molar-refractivity contribution in [3.63, 3.8) is 0 Å². The highest BCUT2D eigenvalue weighted by Crippen LogP contribution is 2.29. The van der Waals surface area contributed by atoms with E-state index in [1.165, 1.54) is 0 Å². The zero-order valence-corrected chi connectivity index (χ0v) is 15.8. The lowest BCUT2D eigenvalue weighted by molar-refractivity contribution is -0.119. The number of amides is 1. The Bertz CT molecular complexity index is 499. The molecule has 1 saturated heterocycles. The van der Waals surface area contributed by atoms with Gasteiger partial charge in [-0.3, -0.25) is 4.79 Å². The van der Waals surface area contributed by atoms with Crippen LogP contribution in [-0.4, -0.2) is 37.5 Å². The fourth-order valence-corrected chi connectivity index (χ4v) is 3.39. The average molecular weight is 418 g/mol. The monoisotopic (exact) mass is 416 g/mol. The van der Waals surface area contributed by atoms with Crippen molar-refractivity contribution in [2.75, 3.05) is 31.6 Å². The molecule has 5 heteroatoms. The number of benzene rings is 1. The van der Waals surface area contributed by atoms with Crippen molar-refractivity contribution >= 4 is 43.5 Å². The first-order valence-electron chi connectivity index (χ1n) is 7.45. The zero-order valence-electron chi connectivity index (χ0n) is 12.6. The van der Waals surface area contributed by atoms with Crippen LogP contribution in [0.2, 0.25) is 0 Å². The zero-order chi connectivity index (χ0) is 15.4. The molecule has 1 aromatic carbocycles. The summed E-state index contributed by atoms with van der Waals surface area (Å²) in [5.41, 5.74) is 0.963. The second kappa shape index (κ2) is 7.75. The van der Waals surface area contributed by atoms with Gasteiger partial charge in [0.2, 0.25) is 5.91 Å². The number of hydrogen-bond donors (Lipinski definition) is 0. The van der Waals surface area contributed by atoms with E-state index < -0.39 is 0 Å². The van der Waals surface area contributed by atoms with Gasteiger partial charge in [0.1, 0.15) is 0 Å². The molecule has 116 valence electrons. The molecule has 1 aliphatic rings. The van der Waals surface area contributed by atoms with E-state index in [0.29, 0.717) is 18.9 Å². The Hall–Kier alpha value is -0.390. The molecule has 0 aliphatic carbocycles. The Balaban J connectivity index is 2.02.